The Morgan fingerprint density at radius 3 is 2.48 bits per heavy atom. The number of ether oxygens (including phenoxy) is 2. The summed E-state index contributed by atoms with van der Waals surface area (Å²) in [7, 11) is -2.58. The number of carbonyl (C=O) groups is 1. The van der Waals surface area contributed by atoms with E-state index in [1.165, 1.54) is 13.2 Å². The molecule has 29 heavy (non-hydrogen) atoms. The molecule has 3 rings (SSSR count). The molecule has 156 valence electrons. The van der Waals surface area contributed by atoms with Crippen LogP contribution in [0.3, 0.4) is 0 Å². The molecule has 1 N–H and O–H groups in total. The summed E-state index contributed by atoms with van der Waals surface area (Å²) < 4.78 is 40.1. The summed E-state index contributed by atoms with van der Waals surface area (Å²) in [6.07, 6.45) is -0.171. The van der Waals surface area contributed by atoms with Crippen LogP contribution in [0.4, 0.5) is 5.69 Å². The molecule has 1 heterocycles. The van der Waals surface area contributed by atoms with Crippen molar-refractivity contribution >= 4 is 37.5 Å². The molecule has 2 aromatic rings. The number of nitrogens with zero attached hydrogens (tertiary/aromatic N) is 1. The zero-order valence-corrected chi connectivity index (χ0v) is 18.8. The molecule has 1 aliphatic rings. The number of amides is 1. The summed E-state index contributed by atoms with van der Waals surface area (Å²) in [5, 5.41) is 0. The third-order valence-electron chi connectivity index (χ3n) is 4.52. The number of morpholine rings is 1. The number of carbonyl (C=O) groups excluding carboxylic acids is 1. The zero-order valence-electron chi connectivity index (χ0n) is 16.4. The quantitative estimate of drug-likeness (QED) is 0.704. The fraction of sp³-hybridized carbons (Fsp3) is 0.350. The van der Waals surface area contributed by atoms with Crippen LogP contribution in [0, 0.1) is 0 Å². The van der Waals surface area contributed by atoms with Gasteiger partial charge in [-0.1, -0.05) is 28.1 Å². The monoisotopic (exact) mass is 482 g/mol. The molecule has 0 saturated carbocycles. The molecule has 1 fully saturated rings. The van der Waals surface area contributed by atoms with Gasteiger partial charge in [0.05, 0.1) is 30.6 Å². The van der Waals surface area contributed by atoms with E-state index < -0.39 is 10.0 Å². The van der Waals surface area contributed by atoms with E-state index >= 15 is 0 Å². The Balaban J connectivity index is 1.93. The van der Waals surface area contributed by atoms with Crippen LogP contribution in [0.25, 0.3) is 0 Å². The van der Waals surface area contributed by atoms with Crippen LogP contribution in [-0.4, -0.2) is 51.6 Å². The van der Waals surface area contributed by atoms with Crippen molar-refractivity contribution in [3.05, 3.63) is 52.5 Å². The largest absolute Gasteiger partial charge is 0.495 e. The molecule has 2 atom stereocenters. The van der Waals surface area contributed by atoms with Crippen molar-refractivity contribution in [2.45, 2.75) is 31.0 Å². The van der Waals surface area contributed by atoms with Crippen LogP contribution in [0.2, 0.25) is 0 Å². The number of hydrogen-bond donors (Lipinski definition) is 1. The van der Waals surface area contributed by atoms with Gasteiger partial charge in [0.1, 0.15) is 10.6 Å². The average Bonchev–Trinajstić information content (AvgIpc) is 2.67. The molecule has 1 saturated heterocycles. The van der Waals surface area contributed by atoms with E-state index in [1.54, 1.807) is 41.3 Å². The number of rotatable bonds is 5. The summed E-state index contributed by atoms with van der Waals surface area (Å²) in [6, 6.07) is 11.3. The van der Waals surface area contributed by atoms with E-state index in [0.717, 1.165) is 0 Å². The third-order valence-corrected chi connectivity index (χ3v) is 6.40. The molecule has 0 aromatic heterocycles. The fourth-order valence-electron chi connectivity index (χ4n) is 3.33. The molecule has 9 heteroatoms. The second kappa shape index (κ2) is 8.73. The summed E-state index contributed by atoms with van der Waals surface area (Å²) in [6.45, 7) is 4.71. The number of methoxy groups -OCH3 is 1. The molecule has 0 spiro atoms. The maximum atomic E-state index is 13.1. The Bertz CT molecular complexity index is 1000. The van der Waals surface area contributed by atoms with Gasteiger partial charge in [0, 0.05) is 17.6 Å². The minimum absolute atomic E-state index is 0.0229. The lowest BCUT2D eigenvalue weighted by Crippen LogP contribution is -2.48. The molecular formula is C20H23BrN2O5S. The molecule has 7 nitrogen and oxygen atoms in total. The predicted octanol–water partition coefficient (Wildman–Crippen LogP) is 3.51. The topological polar surface area (TPSA) is 84.9 Å². The lowest BCUT2D eigenvalue weighted by Gasteiger charge is -2.35. The van der Waals surface area contributed by atoms with Gasteiger partial charge in [-0.05, 0) is 44.2 Å². The molecule has 0 aliphatic carbocycles. The number of anilines is 1. The maximum Gasteiger partial charge on any atom is 0.265 e. The van der Waals surface area contributed by atoms with E-state index in [4.69, 9.17) is 9.47 Å². The van der Waals surface area contributed by atoms with Crippen molar-refractivity contribution in [3.8, 4) is 5.75 Å². The molecule has 1 aliphatic heterocycles. The predicted molar refractivity (Wildman–Crippen MR) is 114 cm³/mol. The summed E-state index contributed by atoms with van der Waals surface area (Å²) >= 11 is 3.28. The summed E-state index contributed by atoms with van der Waals surface area (Å²) in [5.74, 6) is -0.0353. The number of halogens is 1. The lowest BCUT2D eigenvalue weighted by molar-refractivity contribution is -0.0585. The van der Waals surface area contributed by atoms with Crippen LogP contribution in [-0.2, 0) is 14.8 Å². The van der Waals surface area contributed by atoms with Gasteiger partial charge in [0.15, 0.2) is 0 Å². The highest BCUT2D eigenvalue weighted by atomic mass is 79.9. The van der Waals surface area contributed by atoms with Crippen molar-refractivity contribution in [2.75, 3.05) is 24.9 Å². The number of benzene rings is 2. The number of hydrogen-bond acceptors (Lipinski definition) is 5. The molecule has 1 amide bonds. The van der Waals surface area contributed by atoms with Crippen LogP contribution >= 0.6 is 15.9 Å². The van der Waals surface area contributed by atoms with E-state index in [9.17, 15) is 13.2 Å². The number of para-hydroxylation sites is 1. The maximum absolute atomic E-state index is 13.1. The van der Waals surface area contributed by atoms with E-state index in [0.29, 0.717) is 17.6 Å². The molecule has 0 bridgehead atoms. The summed E-state index contributed by atoms with van der Waals surface area (Å²) in [4.78, 5) is 14.8. The van der Waals surface area contributed by atoms with Gasteiger partial charge >= 0.3 is 0 Å². The second-order valence-electron chi connectivity index (χ2n) is 6.91. The first-order valence-electron chi connectivity index (χ1n) is 9.11. The first kappa shape index (κ1) is 21.6. The fourth-order valence-corrected chi connectivity index (χ4v) is 5.12. The first-order chi connectivity index (χ1) is 13.7. The van der Waals surface area contributed by atoms with Gasteiger partial charge in [-0.15, -0.1) is 0 Å². The first-order valence-corrected chi connectivity index (χ1v) is 11.4. The summed E-state index contributed by atoms with van der Waals surface area (Å²) in [5.41, 5.74) is 0.498. The smallest absolute Gasteiger partial charge is 0.265 e. The lowest BCUT2D eigenvalue weighted by atomic mass is 10.1. The number of nitrogens with one attached hydrogen (secondary N) is 1. The van der Waals surface area contributed by atoms with Crippen molar-refractivity contribution in [2.24, 2.45) is 0 Å². The highest BCUT2D eigenvalue weighted by Crippen LogP contribution is 2.30. The van der Waals surface area contributed by atoms with Gasteiger partial charge < -0.3 is 14.4 Å². The Kier molecular flexibility index (Phi) is 6.50. The van der Waals surface area contributed by atoms with E-state index in [1.807, 2.05) is 13.8 Å². The van der Waals surface area contributed by atoms with Crippen LogP contribution in [0.5, 0.6) is 5.75 Å². The van der Waals surface area contributed by atoms with E-state index in [2.05, 4.69) is 20.7 Å². The van der Waals surface area contributed by atoms with Gasteiger partial charge in [-0.25, -0.2) is 8.42 Å². The second-order valence-corrected chi connectivity index (χ2v) is 9.48. The Labute approximate surface area is 179 Å². The van der Waals surface area contributed by atoms with E-state index in [-0.39, 0.29) is 40.0 Å². The minimum atomic E-state index is -3.99. The molecular weight excluding hydrogens is 460 g/mol. The van der Waals surface area contributed by atoms with Gasteiger partial charge in [0.25, 0.3) is 15.9 Å². The third kappa shape index (κ3) is 4.91. The van der Waals surface area contributed by atoms with Gasteiger partial charge in [-0.2, -0.15) is 0 Å². The minimum Gasteiger partial charge on any atom is -0.495 e. The van der Waals surface area contributed by atoms with Crippen LogP contribution < -0.4 is 9.46 Å². The SMILES string of the molecule is COc1ccc(Br)cc1S(=O)(=O)Nc1ccccc1C(=O)N1CC(C)OC(C)C1. The Morgan fingerprint density at radius 1 is 1.17 bits per heavy atom. The van der Waals surface area contributed by atoms with Crippen LogP contribution in [0.15, 0.2) is 51.8 Å². The zero-order chi connectivity index (χ0) is 21.2. The standard InChI is InChI=1S/C20H23BrN2O5S/c1-13-11-23(12-14(2)28-13)20(24)16-6-4-5-7-17(16)22-29(25,26)19-10-15(21)8-9-18(19)27-3/h4-10,13-14,22H,11-12H2,1-3H3. The Hall–Kier alpha value is -2.10. The molecule has 0 radical (unpaired) electrons. The van der Waals surface area contributed by atoms with Gasteiger partial charge in [0.2, 0.25) is 0 Å². The van der Waals surface area contributed by atoms with Crippen molar-refractivity contribution < 1.29 is 22.7 Å². The van der Waals surface area contributed by atoms with Crippen LogP contribution in [0.1, 0.15) is 24.2 Å². The molecule has 2 unspecified atom stereocenters. The van der Waals surface area contributed by atoms with Gasteiger partial charge in [-0.3, -0.25) is 9.52 Å². The highest BCUT2D eigenvalue weighted by molar-refractivity contribution is 9.10. The van der Waals surface area contributed by atoms with Crippen molar-refractivity contribution in [1.82, 2.24) is 4.90 Å². The normalized spacial score (nSPS) is 19.7. The average molecular weight is 483 g/mol. The van der Waals surface area contributed by atoms with Crippen molar-refractivity contribution in [3.63, 3.8) is 0 Å². The number of sulfonamides is 1. The highest BCUT2D eigenvalue weighted by Gasteiger charge is 2.29. The Morgan fingerprint density at radius 2 is 1.83 bits per heavy atom. The van der Waals surface area contributed by atoms with Crippen molar-refractivity contribution in [1.29, 1.82) is 0 Å². The molecule has 2 aromatic carbocycles.